The SMILES string of the molecule is NCCN1C[C@]23CC[C@H](O2)[C@H](C(=O)NCc2cccc(F)c2F)[C@@H]3C1=O. The largest absolute Gasteiger partial charge is 0.368 e. The first-order chi connectivity index (χ1) is 12.5. The number of halogens is 2. The van der Waals surface area contributed by atoms with Gasteiger partial charge in [-0.15, -0.1) is 0 Å². The number of hydrogen-bond donors (Lipinski definition) is 2. The van der Waals surface area contributed by atoms with Gasteiger partial charge in [-0.05, 0) is 18.9 Å². The van der Waals surface area contributed by atoms with Crippen LogP contribution in [0.25, 0.3) is 0 Å². The number of likely N-dealkylation sites (tertiary alicyclic amines) is 1. The van der Waals surface area contributed by atoms with E-state index in [9.17, 15) is 18.4 Å². The Kier molecular flexibility index (Phi) is 4.19. The van der Waals surface area contributed by atoms with Crippen LogP contribution in [0.3, 0.4) is 0 Å². The lowest BCUT2D eigenvalue weighted by atomic mass is 9.73. The Labute approximate surface area is 149 Å². The van der Waals surface area contributed by atoms with Crippen LogP contribution in [0, 0.1) is 23.5 Å². The molecule has 0 unspecified atom stereocenters. The summed E-state index contributed by atoms with van der Waals surface area (Å²) in [5.41, 5.74) is 5.03. The van der Waals surface area contributed by atoms with E-state index >= 15 is 0 Å². The minimum atomic E-state index is -0.973. The number of nitrogens with zero attached hydrogens (tertiary/aromatic N) is 1. The molecular weight excluding hydrogens is 344 g/mol. The third-order valence-electron chi connectivity index (χ3n) is 5.79. The molecule has 140 valence electrons. The van der Waals surface area contributed by atoms with Gasteiger partial charge in [-0.1, -0.05) is 12.1 Å². The van der Waals surface area contributed by atoms with Gasteiger partial charge in [-0.2, -0.15) is 0 Å². The molecule has 1 aromatic carbocycles. The normalized spacial score (nSPS) is 32.2. The van der Waals surface area contributed by atoms with E-state index in [1.165, 1.54) is 12.1 Å². The average Bonchev–Trinajstić information content (AvgIpc) is 3.25. The lowest BCUT2D eigenvalue weighted by Gasteiger charge is -2.27. The molecule has 2 amide bonds. The Balaban J connectivity index is 1.50. The molecule has 3 heterocycles. The highest BCUT2D eigenvalue weighted by Gasteiger charge is 2.68. The maximum absolute atomic E-state index is 13.8. The third kappa shape index (κ3) is 2.51. The number of fused-ring (bicyclic) bond motifs is 1. The summed E-state index contributed by atoms with van der Waals surface area (Å²) < 4.78 is 33.1. The fourth-order valence-corrected chi connectivity index (χ4v) is 4.67. The van der Waals surface area contributed by atoms with E-state index in [4.69, 9.17) is 10.5 Å². The minimum absolute atomic E-state index is 0.0691. The van der Waals surface area contributed by atoms with Gasteiger partial charge in [0.25, 0.3) is 0 Å². The smallest absolute Gasteiger partial charge is 0.229 e. The first-order valence-electron chi connectivity index (χ1n) is 8.84. The Morgan fingerprint density at radius 3 is 3.00 bits per heavy atom. The van der Waals surface area contributed by atoms with Gasteiger partial charge in [0.1, 0.15) is 0 Å². The van der Waals surface area contributed by atoms with Crippen LogP contribution < -0.4 is 11.1 Å². The van der Waals surface area contributed by atoms with Crippen molar-refractivity contribution in [1.29, 1.82) is 0 Å². The predicted octanol–water partition coefficient (Wildman–Crippen LogP) is 0.546. The number of carbonyl (C=O) groups is 2. The number of carbonyl (C=O) groups excluding carboxylic acids is 2. The van der Waals surface area contributed by atoms with Crippen LogP contribution in [-0.4, -0.2) is 48.1 Å². The minimum Gasteiger partial charge on any atom is -0.368 e. The summed E-state index contributed by atoms with van der Waals surface area (Å²) in [6, 6.07) is 3.83. The number of amides is 2. The van der Waals surface area contributed by atoms with Gasteiger partial charge in [0.15, 0.2) is 11.6 Å². The highest BCUT2D eigenvalue weighted by atomic mass is 19.2. The Bertz CT molecular complexity index is 759. The molecule has 4 rings (SSSR count). The predicted molar refractivity (Wildman–Crippen MR) is 87.7 cm³/mol. The van der Waals surface area contributed by atoms with Gasteiger partial charge in [-0.25, -0.2) is 8.78 Å². The summed E-state index contributed by atoms with van der Waals surface area (Å²) >= 11 is 0. The molecule has 8 heteroatoms. The summed E-state index contributed by atoms with van der Waals surface area (Å²) in [6.45, 7) is 1.13. The fraction of sp³-hybridized carbons (Fsp3) is 0.556. The summed E-state index contributed by atoms with van der Waals surface area (Å²) in [5, 5.41) is 2.65. The molecule has 2 bridgehead atoms. The first-order valence-corrected chi connectivity index (χ1v) is 8.84. The number of nitrogens with one attached hydrogen (secondary N) is 1. The van der Waals surface area contributed by atoms with Crippen molar-refractivity contribution in [1.82, 2.24) is 10.2 Å². The third-order valence-corrected chi connectivity index (χ3v) is 5.79. The van der Waals surface area contributed by atoms with Gasteiger partial charge < -0.3 is 20.7 Å². The lowest BCUT2D eigenvalue weighted by Crippen LogP contribution is -2.45. The number of rotatable bonds is 5. The van der Waals surface area contributed by atoms with Crippen LogP contribution in [0.2, 0.25) is 0 Å². The number of ether oxygens (including phenoxy) is 1. The van der Waals surface area contributed by atoms with Crippen LogP contribution >= 0.6 is 0 Å². The molecule has 4 atom stereocenters. The van der Waals surface area contributed by atoms with Crippen LogP contribution in [0.1, 0.15) is 18.4 Å². The van der Waals surface area contributed by atoms with E-state index in [0.29, 0.717) is 26.1 Å². The number of benzene rings is 1. The summed E-state index contributed by atoms with van der Waals surface area (Å²) in [5.74, 6) is -3.51. The van der Waals surface area contributed by atoms with E-state index in [1.807, 2.05) is 0 Å². The molecule has 26 heavy (non-hydrogen) atoms. The zero-order valence-electron chi connectivity index (χ0n) is 14.2. The molecule has 1 spiro atoms. The van der Waals surface area contributed by atoms with Crippen LogP contribution in [0.15, 0.2) is 18.2 Å². The molecule has 3 aliphatic heterocycles. The van der Waals surface area contributed by atoms with Crippen molar-refractivity contribution < 1.29 is 23.1 Å². The molecule has 3 aliphatic rings. The zero-order chi connectivity index (χ0) is 18.5. The van der Waals surface area contributed by atoms with Gasteiger partial charge in [0, 0.05) is 25.2 Å². The molecule has 0 aliphatic carbocycles. The van der Waals surface area contributed by atoms with Crippen molar-refractivity contribution in [2.45, 2.75) is 31.1 Å². The lowest BCUT2D eigenvalue weighted by molar-refractivity contribution is -0.138. The van der Waals surface area contributed by atoms with Crippen molar-refractivity contribution in [2.24, 2.45) is 17.6 Å². The molecule has 3 N–H and O–H groups in total. The van der Waals surface area contributed by atoms with Crippen LogP contribution in [0.5, 0.6) is 0 Å². The van der Waals surface area contributed by atoms with Gasteiger partial charge in [0.2, 0.25) is 11.8 Å². The number of nitrogens with two attached hydrogens (primary N) is 1. The molecule has 0 aromatic heterocycles. The Hall–Kier alpha value is -2.06. The standard InChI is InChI=1S/C18H21F2N3O3/c19-11-3-1-2-10(15(11)20)8-22-16(24)13-12-4-5-18(26-12)9-23(7-6-21)17(25)14(13)18/h1-3,12-14H,4-9,21H2,(H,22,24)/t12-,13-,14+,18-/m0/s1. The highest BCUT2D eigenvalue weighted by Crippen LogP contribution is 2.55. The van der Waals surface area contributed by atoms with E-state index in [-0.39, 0.29) is 30.0 Å². The molecule has 3 fully saturated rings. The Morgan fingerprint density at radius 2 is 2.23 bits per heavy atom. The second kappa shape index (κ2) is 6.28. The monoisotopic (exact) mass is 365 g/mol. The maximum atomic E-state index is 13.8. The highest BCUT2D eigenvalue weighted by molar-refractivity contribution is 5.92. The molecule has 0 radical (unpaired) electrons. The van der Waals surface area contributed by atoms with E-state index in [0.717, 1.165) is 12.5 Å². The van der Waals surface area contributed by atoms with Crippen LogP contribution in [0.4, 0.5) is 8.78 Å². The molecule has 3 saturated heterocycles. The van der Waals surface area contributed by atoms with Gasteiger partial charge in [-0.3, -0.25) is 9.59 Å². The topological polar surface area (TPSA) is 84.7 Å². The van der Waals surface area contributed by atoms with Gasteiger partial charge in [0.05, 0.1) is 30.1 Å². The second-order valence-corrected chi connectivity index (χ2v) is 7.24. The molecule has 6 nitrogen and oxygen atoms in total. The first kappa shape index (κ1) is 17.4. The molecule has 1 aromatic rings. The van der Waals surface area contributed by atoms with Crippen LogP contribution in [-0.2, 0) is 20.9 Å². The van der Waals surface area contributed by atoms with Gasteiger partial charge >= 0.3 is 0 Å². The summed E-state index contributed by atoms with van der Waals surface area (Å²) in [7, 11) is 0. The molecule has 0 saturated carbocycles. The van der Waals surface area contributed by atoms with E-state index in [1.54, 1.807) is 4.90 Å². The summed E-state index contributed by atoms with van der Waals surface area (Å²) in [4.78, 5) is 27.2. The van der Waals surface area contributed by atoms with Crippen molar-refractivity contribution in [3.8, 4) is 0 Å². The maximum Gasteiger partial charge on any atom is 0.229 e. The fourth-order valence-electron chi connectivity index (χ4n) is 4.67. The second-order valence-electron chi connectivity index (χ2n) is 7.24. The number of hydrogen-bond acceptors (Lipinski definition) is 4. The van der Waals surface area contributed by atoms with Crippen molar-refractivity contribution in [3.05, 3.63) is 35.4 Å². The van der Waals surface area contributed by atoms with Crippen molar-refractivity contribution in [3.63, 3.8) is 0 Å². The zero-order valence-corrected chi connectivity index (χ0v) is 14.2. The van der Waals surface area contributed by atoms with Crippen molar-refractivity contribution >= 4 is 11.8 Å². The molecular formula is C18H21F2N3O3. The quantitative estimate of drug-likeness (QED) is 0.798. The van der Waals surface area contributed by atoms with E-state index < -0.39 is 29.1 Å². The Morgan fingerprint density at radius 1 is 1.42 bits per heavy atom. The summed E-state index contributed by atoms with van der Waals surface area (Å²) in [6.07, 6.45) is 1.16. The van der Waals surface area contributed by atoms with Crippen molar-refractivity contribution in [2.75, 3.05) is 19.6 Å². The average molecular weight is 365 g/mol. The van der Waals surface area contributed by atoms with E-state index in [2.05, 4.69) is 5.32 Å².